The minimum atomic E-state index is 0.967. The number of para-hydroxylation sites is 3. The number of aromatic amines is 1. The number of H-pyrrole nitrogens is 1. The number of thioether (sulfide) groups is 1. The van der Waals surface area contributed by atoms with Crippen LogP contribution in [-0.4, -0.2) is 56.0 Å². The number of benzene rings is 2. The fourth-order valence-electron chi connectivity index (χ4n) is 3.97. The number of hydrogen-bond donors (Lipinski definition) is 1. The van der Waals surface area contributed by atoms with E-state index in [-0.39, 0.29) is 0 Å². The van der Waals surface area contributed by atoms with Crippen LogP contribution in [-0.2, 0) is 6.42 Å². The van der Waals surface area contributed by atoms with Crippen molar-refractivity contribution in [1.82, 2.24) is 9.88 Å². The Labute approximate surface area is 165 Å². The van der Waals surface area contributed by atoms with Gasteiger partial charge in [0.25, 0.3) is 0 Å². The van der Waals surface area contributed by atoms with Gasteiger partial charge in [-0.15, -0.1) is 11.8 Å². The van der Waals surface area contributed by atoms with Gasteiger partial charge in [-0.05, 0) is 36.4 Å². The number of piperazine rings is 1. The molecule has 3 aromatic rings. The molecule has 0 aliphatic carbocycles. The summed E-state index contributed by atoms with van der Waals surface area (Å²) in [4.78, 5) is 8.59. The van der Waals surface area contributed by atoms with Gasteiger partial charge < -0.3 is 14.6 Å². The van der Waals surface area contributed by atoms with Crippen LogP contribution in [0.3, 0.4) is 0 Å². The molecule has 1 aliphatic rings. The summed E-state index contributed by atoms with van der Waals surface area (Å²) in [7, 11) is 1.75. The summed E-state index contributed by atoms with van der Waals surface area (Å²) >= 11 is 1.81. The molecule has 1 aliphatic heterocycles. The van der Waals surface area contributed by atoms with Gasteiger partial charge in [-0.1, -0.05) is 30.3 Å². The monoisotopic (exact) mass is 381 g/mol. The molecule has 0 bridgehead atoms. The van der Waals surface area contributed by atoms with Crippen LogP contribution >= 0.6 is 11.8 Å². The number of methoxy groups -OCH3 is 1. The van der Waals surface area contributed by atoms with E-state index < -0.39 is 0 Å². The summed E-state index contributed by atoms with van der Waals surface area (Å²) in [5, 5.41) is 2.68. The smallest absolute Gasteiger partial charge is 0.142 e. The average Bonchev–Trinajstić information content (AvgIpc) is 3.10. The first-order valence-electron chi connectivity index (χ1n) is 9.54. The molecule has 142 valence electrons. The summed E-state index contributed by atoms with van der Waals surface area (Å²) in [6, 6.07) is 17.0. The maximum atomic E-state index is 5.53. The van der Waals surface area contributed by atoms with Crippen LogP contribution in [0, 0.1) is 0 Å². The second-order valence-corrected chi connectivity index (χ2v) is 7.75. The summed E-state index contributed by atoms with van der Waals surface area (Å²) < 4.78 is 5.53. The van der Waals surface area contributed by atoms with E-state index in [1.54, 1.807) is 7.11 Å². The fourth-order valence-corrected chi connectivity index (χ4v) is 4.64. The Morgan fingerprint density at radius 3 is 2.52 bits per heavy atom. The third kappa shape index (κ3) is 3.80. The Morgan fingerprint density at radius 1 is 1.00 bits per heavy atom. The molecule has 0 amide bonds. The maximum Gasteiger partial charge on any atom is 0.142 e. The van der Waals surface area contributed by atoms with Crippen LogP contribution in [0.15, 0.2) is 53.6 Å². The van der Waals surface area contributed by atoms with Gasteiger partial charge in [0.2, 0.25) is 0 Å². The van der Waals surface area contributed by atoms with E-state index in [2.05, 4.69) is 57.4 Å². The lowest BCUT2D eigenvalue weighted by Crippen LogP contribution is -2.47. The molecule has 1 aromatic heterocycles. The molecular weight excluding hydrogens is 354 g/mol. The van der Waals surface area contributed by atoms with Crippen LogP contribution in [0.2, 0.25) is 0 Å². The van der Waals surface area contributed by atoms with E-state index in [0.29, 0.717) is 0 Å². The molecule has 0 radical (unpaired) electrons. The largest absolute Gasteiger partial charge is 0.495 e. The predicted molar refractivity (Wildman–Crippen MR) is 115 cm³/mol. The normalized spacial score (nSPS) is 15.4. The Hall–Kier alpha value is -2.11. The molecule has 0 saturated carbocycles. The highest BCUT2D eigenvalue weighted by Crippen LogP contribution is 2.30. The van der Waals surface area contributed by atoms with Crippen molar-refractivity contribution in [3.05, 3.63) is 54.1 Å². The highest BCUT2D eigenvalue weighted by molar-refractivity contribution is 7.98. The summed E-state index contributed by atoms with van der Waals surface area (Å²) in [6.45, 7) is 5.38. The van der Waals surface area contributed by atoms with Gasteiger partial charge in [-0.2, -0.15) is 0 Å². The maximum absolute atomic E-state index is 5.53. The number of ether oxygens (including phenoxy) is 1. The van der Waals surface area contributed by atoms with E-state index in [1.165, 1.54) is 27.2 Å². The molecule has 0 spiro atoms. The zero-order valence-electron chi connectivity index (χ0n) is 16.1. The first-order chi connectivity index (χ1) is 13.3. The number of anilines is 1. The third-order valence-electron chi connectivity index (χ3n) is 5.45. The number of nitrogens with zero attached hydrogens (tertiary/aromatic N) is 2. The molecular formula is C22H27N3OS. The first kappa shape index (κ1) is 18.3. The molecule has 2 heterocycles. The number of fused-ring (bicyclic) bond motifs is 1. The molecule has 4 rings (SSSR count). The van der Waals surface area contributed by atoms with Crippen molar-refractivity contribution in [2.24, 2.45) is 0 Å². The van der Waals surface area contributed by atoms with Crippen molar-refractivity contribution in [2.45, 2.75) is 11.4 Å². The van der Waals surface area contributed by atoms with Crippen molar-refractivity contribution >= 4 is 28.4 Å². The molecule has 2 aromatic carbocycles. The quantitative estimate of drug-likeness (QED) is 0.647. The topological polar surface area (TPSA) is 31.5 Å². The van der Waals surface area contributed by atoms with Crippen LogP contribution < -0.4 is 9.64 Å². The molecule has 1 saturated heterocycles. The van der Waals surface area contributed by atoms with Crippen LogP contribution in [0.25, 0.3) is 10.9 Å². The van der Waals surface area contributed by atoms with Crippen LogP contribution in [0.5, 0.6) is 5.75 Å². The molecule has 27 heavy (non-hydrogen) atoms. The van der Waals surface area contributed by atoms with Crippen molar-refractivity contribution in [1.29, 1.82) is 0 Å². The van der Waals surface area contributed by atoms with Crippen molar-refractivity contribution < 1.29 is 4.74 Å². The zero-order valence-corrected chi connectivity index (χ0v) is 16.9. The number of hydrogen-bond acceptors (Lipinski definition) is 4. The van der Waals surface area contributed by atoms with E-state index in [4.69, 9.17) is 4.74 Å². The first-order valence-corrected chi connectivity index (χ1v) is 10.8. The average molecular weight is 382 g/mol. The second kappa shape index (κ2) is 8.28. The Balaban J connectivity index is 1.39. The number of aromatic nitrogens is 1. The molecule has 1 N–H and O–H groups in total. The molecule has 5 heteroatoms. The standard InChI is InChI=1S/C22H27N3OS/c1-26-21-10-6-5-9-20(21)25-15-13-24(14-16-25)12-11-18-17-7-3-4-8-19(17)23-22(18)27-2/h3-10,23H,11-16H2,1-2H3. The van der Waals surface area contributed by atoms with E-state index >= 15 is 0 Å². The summed E-state index contributed by atoms with van der Waals surface area (Å²) in [6.07, 6.45) is 3.25. The van der Waals surface area contributed by atoms with Gasteiger partial charge in [0.05, 0.1) is 17.8 Å². The van der Waals surface area contributed by atoms with E-state index in [1.807, 2.05) is 23.9 Å². The Bertz CT molecular complexity index is 899. The van der Waals surface area contributed by atoms with Gasteiger partial charge in [0, 0.05) is 43.6 Å². The lowest BCUT2D eigenvalue weighted by atomic mass is 10.1. The summed E-state index contributed by atoms with van der Waals surface area (Å²) in [5.41, 5.74) is 3.92. The van der Waals surface area contributed by atoms with Crippen molar-refractivity contribution in [3.8, 4) is 5.75 Å². The van der Waals surface area contributed by atoms with E-state index in [9.17, 15) is 0 Å². The van der Waals surface area contributed by atoms with Crippen molar-refractivity contribution in [2.75, 3.05) is 51.0 Å². The lowest BCUT2D eigenvalue weighted by molar-refractivity contribution is 0.260. The van der Waals surface area contributed by atoms with Gasteiger partial charge in [0.15, 0.2) is 0 Å². The van der Waals surface area contributed by atoms with Crippen LogP contribution in [0.4, 0.5) is 5.69 Å². The molecule has 4 nitrogen and oxygen atoms in total. The minimum absolute atomic E-state index is 0.967. The Kier molecular flexibility index (Phi) is 5.60. The fraction of sp³-hybridized carbons (Fsp3) is 0.364. The minimum Gasteiger partial charge on any atom is -0.495 e. The predicted octanol–water partition coefficient (Wildman–Crippen LogP) is 4.26. The highest BCUT2D eigenvalue weighted by Gasteiger charge is 2.20. The lowest BCUT2D eigenvalue weighted by Gasteiger charge is -2.36. The zero-order chi connectivity index (χ0) is 18.6. The van der Waals surface area contributed by atoms with Crippen LogP contribution in [0.1, 0.15) is 5.56 Å². The number of nitrogens with one attached hydrogen (secondary N) is 1. The van der Waals surface area contributed by atoms with Gasteiger partial charge >= 0.3 is 0 Å². The van der Waals surface area contributed by atoms with E-state index in [0.717, 1.165) is 44.9 Å². The number of rotatable bonds is 6. The van der Waals surface area contributed by atoms with Crippen molar-refractivity contribution in [3.63, 3.8) is 0 Å². The van der Waals surface area contributed by atoms with Gasteiger partial charge in [-0.3, -0.25) is 4.90 Å². The third-order valence-corrected chi connectivity index (χ3v) is 6.21. The highest BCUT2D eigenvalue weighted by atomic mass is 32.2. The molecule has 0 atom stereocenters. The molecule has 1 fully saturated rings. The summed E-state index contributed by atoms with van der Waals surface area (Å²) in [5.74, 6) is 0.967. The SMILES string of the molecule is COc1ccccc1N1CCN(CCc2c(SC)[nH]c3ccccc23)CC1. The second-order valence-electron chi connectivity index (χ2n) is 6.93. The van der Waals surface area contributed by atoms with Gasteiger partial charge in [0.1, 0.15) is 5.75 Å². The molecule has 0 unspecified atom stereocenters. The Morgan fingerprint density at radius 2 is 1.74 bits per heavy atom. The van der Waals surface area contributed by atoms with Gasteiger partial charge in [-0.25, -0.2) is 0 Å².